The third-order valence-corrected chi connectivity index (χ3v) is 6.33. The molecule has 0 saturated carbocycles. The van der Waals surface area contributed by atoms with Gasteiger partial charge in [-0.3, -0.25) is 9.48 Å². The molecule has 5 rings (SSSR count). The average Bonchev–Trinajstić information content (AvgIpc) is 3.29. The molecular weight excluding hydrogens is 410 g/mol. The standard InChI is InChI=1S/C28H27N3O2/c1-33-27-13-6-5-10-23(27)19-31-26-12-7-11-25(24(26)18-29-31)30-28(32)22-16-14-21(15-17-22)20-8-3-2-4-9-20/h2-6,8-10,13-18,25H,7,11-12,19H2,1H3,(H,30,32)/t25-/m1/s1. The van der Waals surface area contributed by atoms with Crippen molar-refractivity contribution in [2.24, 2.45) is 0 Å². The van der Waals surface area contributed by atoms with Crippen molar-refractivity contribution in [2.45, 2.75) is 31.8 Å². The lowest BCUT2D eigenvalue weighted by Gasteiger charge is -2.24. The Morgan fingerprint density at radius 1 is 1.00 bits per heavy atom. The lowest BCUT2D eigenvalue weighted by Crippen LogP contribution is -2.31. The molecule has 0 fully saturated rings. The molecule has 166 valence electrons. The van der Waals surface area contributed by atoms with Crippen LogP contribution in [0, 0.1) is 0 Å². The van der Waals surface area contributed by atoms with Crippen molar-refractivity contribution in [3.63, 3.8) is 0 Å². The molecule has 1 N–H and O–H groups in total. The fraction of sp³-hybridized carbons (Fsp3) is 0.214. The summed E-state index contributed by atoms with van der Waals surface area (Å²) in [6, 6.07) is 26.0. The highest BCUT2D eigenvalue weighted by Gasteiger charge is 2.26. The highest BCUT2D eigenvalue weighted by molar-refractivity contribution is 5.95. The van der Waals surface area contributed by atoms with Crippen LogP contribution in [0.1, 0.15) is 46.1 Å². The van der Waals surface area contributed by atoms with Crippen LogP contribution in [0.3, 0.4) is 0 Å². The van der Waals surface area contributed by atoms with Gasteiger partial charge in [-0.2, -0.15) is 5.10 Å². The van der Waals surface area contributed by atoms with E-state index in [0.717, 1.165) is 47.3 Å². The fourth-order valence-corrected chi connectivity index (χ4v) is 4.59. The molecular formula is C28H27N3O2. The number of rotatable bonds is 6. The van der Waals surface area contributed by atoms with Crippen molar-refractivity contribution in [1.29, 1.82) is 0 Å². The van der Waals surface area contributed by atoms with E-state index in [1.165, 1.54) is 5.69 Å². The van der Waals surface area contributed by atoms with Crippen molar-refractivity contribution >= 4 is 5.91 Å². The summed E-state index contributed by atoms with van der Waals surface area (Å²) in [5, 5.41) is 7.89. The Balaban J connectivity index is 1.31. The number of nitrogens with one attached hydrogen (secondary N) is 1. The number of carbonyl (C=O) groups is 1. The van der Waals surface area contributed by atoms with Gasteiger partial charge in [0.05, 0.1) is 25.9 Å². The Labute approximate surface area is 194 Å². The summed E-state index contributed by atoms with van der Waals surface area (Å²) < 4.78 is 7.54. The maximum Gasteiger partial charge on any atom is 0.251 e. The van der Waals surface area contributed by atoms with Crippen LogP contribution in [0.2, 0.25) is 0 Å². The van der Waals surface area contributed by atoms with E-state index in [2.05, 4.69) is 28.6 Å². The Kier molecular flexibility index (Phi) is 5.94. The van der Waals surface area contributed by atoms with Crippen LogP contribution in [0.25, 0.3) is 11.1 Å². The highest BCUT2D eigenvalue weighted by Crippen LogP contribution is 2.31. The van der Waals surface area contributed by atoms with Crippen LogP contribution < -0.4 is 10.1 Å². The van der Waals surface area contributed by atoms with E-state index < -0.39 is 0 Å². The van der Waals surface area contributed by atoms with E-state index >= 15 is 0 Å². The van der Waals surface area contributed by atoms with Gasteiger partial charge in [-0.15, -0.1) is 0 Å². The third kappa shape index (κ3) is 4.40. The average molecular weight is 438 g/mol. The van der Waals surface area contributed by atoms with Crippen molar-refractivity contribution in [3.05, 3.63) is 107 Å². The summed E-state index contributed by atoms with van der Waals surface area (Å²) in [7, 11) is 1.69. The smallest absolute Gasteiger partial charge is 0.251 e. The number of amides is 1. The Hall–Kier alpha value is -3.86. The first-order valence-electron chi connectivity index (χ1n) is 11.4. The van der Waals surface area contributed by atoms with Crippen molar-refractivity contribution in [1.82, 2.24) is 15.1 Å². The highest BCUT2D eigenvalue weighted by atomic mass is 16.5. The predicted octanol–water partition coefficient (Wildman–Crippen LogP) is 5.41. The summed E-state index contributed by atoms with van der Waals surface area (Å²) in [6.07, 6.45) is 4.81. The molecule has 1 aliphatic carbocycles. The van der Waals surface area contributed by atoms with Crippen molar-refractivity contribution in [3.8, 4) is 16.9 Å². The zero-order valence-electron chi connectivity index (χ0n) is 18.7. The third-order valence-electron chi connectivity index (χ3n) is 6.33. The van der Waals surface area contributed by atoms with E-state index in [0.29, 0.717) is 12.1 Å². The molecule has 5 heteroatoms. The fourth-order valence-electron chi connectivity index (χ4n) is 4.59. The maximum absolute atomic E-state index is 13.0. The molecule has 3 aromatic carbocycles. The first kappa shape index (κ1) is 21.0. The molecule has 1 atom stereocenters. The largest absolute Gasteiger partial charge is 0.496 e. The topological polar surface area (TPSA) is 56.1 Å². The quantitative estimate of drug-likeness (QED) is 0.439. The van der Waals surface area contributed by atoms with Gasteiger partial charge in [0.25, 0.3) is 5.91 Å². The number of ether oxygens (including phenoxy) is 1. The molecule has 1 aliphatic rings. The van der Waals surface area contributed by atoms with Crippen LogP contribution >= 0.6 is 0 Å². The Morgan fingerprint density at radius 2 is 1.73 bits per heavy atom. The van der Waals surface area contributed by atoms with Crippen molar-refractivity contribution in [2.75, 3.05) is 7.11 Å². The molecule has 0 radical (unpaired) electrons. The summed E-state index contributed by atoms with van der Waals surface area (Å²) in [4.78, 5) is 13.0. The maximum atomic E-state index is 13.0. The van der Waals surface area contributed by atoms with Crippen LogP contribution in [-0.2, 0) is 13.0 Å². The molecule has 4 aromatic rings. The molecule has 0 aliphatic heterocycles. The summed E-state index contributed by atoms with van der Waals surface area (Å²) in [5.74, 6) is 0.811. The van der Waals surface area contributed by atoms with E-state index in [1.54, 1.807) is 7.11 Å². The van der Waals surface area contributed by atoms with Gasteiger partial charge in [0.15, 0.2) is 0 Å². The van der Waals surface area contributed by atoms with E-state index in [-0.39, 0.29) is 11.9 Å². The van der Waals surface area contributed by atoms with Gasteiger partial charge < -0.3 is 10.1 Å². The second-order valence-electron chi connectivity index (χ2n) is 8.38. The number of para-hydroxylation sites is 1. The van der Waals surface area contributed by atoms with Crippen molar-refractivity contribution < 1.29 is 9.53 Å². The predicted molar refractivity (Wildman–Crippen MR) is 129 cm³/mol. The Morgan fingerprint density at radius 3 is 2.52 bits per heavy atom. The molecule has 1 heterocycles. The summed E-state index contributed by atoms with van der Waals surface area (Å²) >= 11 is 0. The van der Waals surface area contributed by atoms with Crippen LogP contribution in [0.15, 0.2) is 85.1 Å². The molecule has 0 spiro atoms. The van der Waals surface area contributed by atoms with Crippen LogP contribution in [-0.4, -0.2) is 22.8 Å². The van der Waals surface area contributed by atoms with E-state index in [1.807, 2.05) is 71.5 Å². The Bertz CT molecular complexity index is 1250. The minimum atomic E-state index is -0.0510. The monoisotopic (exact) mass is 437 g/mol. The lowest BCUT2D eigenvalue weighted by atomic mass is 9.92. The van der Waals surface area contributed by atoms with E-state index in [9.17, 15) is 4.79 Å². The molecule has 33 heavy (non-hydrogen) atoms. The zero-order valence-corrected chi connectivity index (χ0v) is 18.7. The van der Waals surface area contributed by atoms with Crippen LogP contribution in [0.4, 0.5) is 0 Å². The number of hydrogen-bond donors (Lipinski definition) is 1. The zero-order chi connectivity index (χ0) is 22.6. The molecule has 0 saturated heterocycles. The first-order chi connectivity index (χ1) is 16.2. The van der Waals surface area contributed by atoms with Gasteiger partial charge >= 0.3 is 0 Å². The number of carbonyl (C=O) groups excluding carboxylic acids is 1. The molecule has 0 unspecified atom stereocenters. The van der Waals surface area contributed by atoms with E-state index in [4.69, 9.17) is 4.74 Å². The van der Waals surface area contributed by atoms with Gasteiger partial charge in [-0.1, -0.05) is 60.7 Å². The van der Waals surface area contributed by atoms with Gasteiger partial charge in [-0.25, -0.2) is 0 Å². The SMILES string of the molecule is COc1ccccc1Cn1ncc2c1CCC[C@H]2NC(=O)c1ccc(-c2ccccc2)cc1. The number of hydrogen-bond acceptors (Lipinski definition) is 3. The number of fused-ring (bicyclic) bond motifs is 1. The van der Waals surface area contributed by atoms with Crippen LogP contribution in [0.5, 0.6) is 5.75 Å². The molecule has 1 amide bonds. The molecule has 0 bridgehead atoms. The van der Waals surface area contributed by atoms with Gasteiger partial charge in [0.2, 0.25) is 0 Å². The minimum absolute atomic E-state index is 0.0264. The van der Waals surface area contributed by atoms with Gasteiger partial charge in [0, 0.05) is 22.4 Å². The second kappa shape index (κ2) is 9.33. The minimum Gasteiger partial charge on any atom is -0.496 e. The number of benzene rings is 3. The summed E-state index contributed by atoms with van der Waals surface area (Å²) in [5.41, 5.74) is 6.31. The molecule has 1 aromatic heterocycles. The number of nitrogens with zero attached hydrogens (tertiary/aromatic N) is 2. The summed E-state index contributed by atoms with van der Waals surface area (Å²) in [6.45, 7) is 0.654. The van der Waals surface area contributed by atoms with Gasteiger partial charge in [-0.05, 0) is 48.6 Å². The second-order valence-corrected chi connectivity index (χ2v) is 8.38. The first-order valence-corrected chi connectivity index (χ1v) is 11.4. The normalized spacial score (nSPS) is 15.0. The molecule has 5 nitrogen and oxygen atoms in total. The van der Waals surface area contributed by atoms with Gasteiger partial charge in [0.1, 0.15) is 5.75 Å². The number of methoxy groups -OCH3 is 1. The number of aromatic nitrogens is 2. The lowest BCUT2D eigenvalue weighted by molar-refractivity contribution is 0.0932.